The smallest absolute Gasteiger partial charge is 0.370 e. The summed E-state index contributed by atoms with van der Waals surface area (Å²) in [4.78, 5) is 13.3. The number of hydrogen-bond acceptors (Lipinski definition) is 3. The van der Waals surface area contributed by atoms with Gasteiger partial charge in [0.25, 0.3) is 0 Å². The minimum absolute atomic E-state index is 0.197. The molecule has 0 spiro atoms. The second-order valence-corrected chi connectivity index (χ2v) is 8.14. The molecule has 1 fully saturated rings. The fourth-order valence-corrected chi connectivity index (χ4v) is 4.25. The Balaban J connectivity index is 1.56. The Kier molecular flexibility index (Phi) is 5.26. The molecule has 0 atom stereocenters. The van der Waals surface area contributed by atoms with Crippen molar-refractivity contribution < 1.29 is 26.3 Å². The summed E-state index contributed by atoms with van der Waals surface area (Å²) in [6, 6.07) is 10.5. The number of H-pyrrole nitrogens is 1. The van der Waals surface area contributed by atoms with Gasteiger partial charge in [-0.25, -0.2) is 4.98 Å². The molecule has 34 heavy (non-hydrogen) atoms. The Morgan fingerprint density at radius 1 is 0.824 bits per heavy atom. The van der Waals surface area contributed by atoms with Crippen LogP contribution in [0.15, 0.2) is 54.7 Å². The summed E-state index contributed by atoms with van der Waals surface area (Å²) in [7, 11) is 0. The van der Waals surface area contributed by atoms with Crippen LogP contribution in [0.1, 0.15) is 24.0 Å². The summed E-state index contributed by atoms with van der Waals surface area (Å²) >= 11 is 0. The summed E-state index contributed by atoms with van der Waals surface area (Å²) in [5.74, 6) is 0.332. The van der Waals surface area contributed by atoms with Crippen molar-refractivity contribution in [3.8, 4) is 22.6 Å². The van der Waals surface area contributed by atoms with Crippen LogP contribution >= 0.6 is 0 Å². The fraction of sp³-hybridized carbons (Fsp3) is 0.250. The lowest BCUT2D eigenvalue weighted by Crippen LogP contribution is -2.19. The van der Waals surface area contributed by atoms with Gasteiger partial charge < -0.3 is 9.88 Å². The minimum atomic E-state index is -4.55. The Labute approximate surface area is 190 Å². The first-order valence-electron chi connectivity index (χ1n) is 10.6. The van der Waals surface area contributed by atoms with Crippen molar-refractivity contribution >= 4 is 16.7 Å². The van der Waals surface area contributed by atoms with E-state index in [1.54, 1.807) is 12.1 Å². The quantitative estimate of drug-likeness (QED) is 0.326. The summed E-state index contributed by atoms with van der Waals surface area (Å²) in [5.41, 5.74) is 0.0963. The van der Waals surface area contributed by atoms with E-state index in [-0.39, 0.29) is 16.8 Å². The van der Waals surface area contributed by atoms with Crippen molar-refractivity contribution in [3.05, 3.63) is 65.9 Å². The van der Waals surface area contributed by atoms with E-state index in [4.69, 9.17) is 0 Å². The Hall–Kier alpha value is -3.56. The topological polar surface area (TPSA) is 44.8 Å². The highest BCUT2D eigenvalue weighted by atomic mass is 19.4. The fourth-order valence-electron chi connectivity index (χ4n) is 4.25. The molecule has 5 rings (SSSR count). The summed E-state index contributed by atoms with van der Waals surface area (Å²) < 4.78 is 80.5. The molecule has 10 heteroatoms. The van der Waals surface area contributed by atoms with Gasteiger partial charge in [-0.3, -0.25) is 4.98 Å². The SMILES string of the molecule is FC(F)(F)c1cc(N2CCCC2)c2nc(-c3ccc(-c4ncccc4C(F)(F)F)cc3)[nH]c2c1. The van der Waals surface area contributed by atoms with Crippen molar-refractivity contribution in [2.75, 3.05) is 18.0 Å². The first-order valence-corrected chi connectivity index (χ1v) is 10.6. The molecule has 3 heterocycles. The maximum atomic E-state index is 13.5. The largest absolute Gasteiger partial charge is 0.418 e. The second kappa shape index (κ2) is 8.03. The third-order valence-electron chi connectivity index (χ3n) is 5.89. The molecule has 1 N–H and O–H groups in total. The molecule has 1 aliphatic heterocycles. The van der Waals surface area contributed by atoms with Crippen LogP contribution in [0.25, 0.3) is 33.7 Å². The van der Waals surface area contributed by atoms with Crippen LogP contribution in [0.2, 0.25) is 0 Å². The molecule has 4 aromatic rings. The van der Waals surface area contributed by atoms with E-state index in [2.05, 4.69) is 15.0 Å². The summed E-state index contributed by atoms with van der Waals surface area (Å²) in [5, 5.41) is 0. The van der Waals surface area contributed by atoms with Crippen LogP contribution in [0.5, 0.6) is 0 Å². The predicted molar refractivity (Wildman–Crippen MR) is 116 cm³/mol. The number of alkyl halides is 6. The molecule has 0 radical (unpaired) electrons. The molecule has 0 unspecified atom stereocenters. The number of anilines is 1. The van der Waals surface area contributed by atoms with Gasteiger partial charge in [0.15, 0.2) is 0 Å². The zero-order valence-corrected chi connectivity index (χ0v) is 17.6. The summed E-state index contributed by atoms with van der Waals surface area (Å²) in [6.45, 7) is 1.30. The average molecular weight is 476 g/mol. The number of fused-ring (bicyclic) bond motifs is 1. The van der Waals surface area contributed by atoms with Crippen molar-refractivity contribution in [1.82, 2.24) is 15.0 Å². The maximum absolute atomic E-state index is 13.5. The van der Waals surface area contributed by atoms with E-state index in [0.29, 0.717) is 35.7 Å². The number of hydrogen-bond donors (Lipinski definition) is 1. The third-order valence-corrected chi connectivity index (χ3v) is 5.89. The molecule has 1 aliphatic rings. The van der Waals surface area contributed by atoms with Crippen molar-refractivity contribution in [2.45, 2.75) is 25.2 Å². The van der Waals surface area contributed by atoms with Gasteiger partial charge >= 0.3 is 12.4 Å². The number of aromatic nitrogens is 3. The Morgan fingerprint density at radius 3 is 2.15 bits per heavy atom. The molecular formula is C24H18F6N4. The van der Waals surface area contributed by atoms with Crippen molar-refractivity contribution in [1.29, 1.82) is 0 Å². The van der Waals surface area contributed by atoms with E-state index in [1.807, 2.05) is 4.90 Å². The number of halogens is 6. The lowest BCUT2D eigenvalue weighted by atomic mass is 10.0. The number of nitrogens with one attached hydrogen (secondary N) is 1. The lowest BCUT2D eigenvalue weighted by molar-refractivity contribution is -0.138. The van der Waals surface area contributed by atoms with E-state index < -0.39 is 23.5 Å². The highest BCUT2D eigenvalue weighted by Gasteiger charge is 2.35. The Morgan fingerprint density at radius 2 is 1.50 bits per heavy atom. The first-order chi connectivity index (χ1) is 16.1. The standard InChI is InChI=1S/C24H18F6N4/c25-23(26,27)16-12-18-21(19(13-16)34-10-1-2-11-34)33-22(32-18)15-7-5-14(6-8-15)20-17(24(28,29)30)4-3-9-31-20/h3-9,12-13H,1-2,10-11H2,(H,32,33). The Bertz CT molecular complexity index is 1330. The van der Waals surface area contributed by atoms with Gasteiger partial charge in [0.05, 0.1) is 28.0 Å². The van der Waals surface area contributed by atoms with Crippen LogP contribution in [-0.4, -0.2) is 28.0 Å². The second-order valence-electron chi connectivity index (χ2n) is 8.14. The van der Waals surface area contributed by atoms with Gasteiger partial charge in [-0.15, -0.1) is 0 Å². The summed E-state index contributed by atoms with van der Waals surface area (Å²) in [6.07, 6.45) is -5.98. The normalized spacial score (nSPS) is 14.8. The average Bonchev–Trinajstić information content (AvgIpc) is 3.47. The molecule has 2 aromatic carbocycles. The number of benzene rings is 2. The zero-order valence-electron chi connectivity index (χ0n) is 17.6. The highest BCUT2D eigenvalue weighted by Crippen LogP contribution is 2.39. The first kappa shape index (κ1) is 22.2. The van der Waals surface area contributed by atoms with Crippen molar-refractivity contribution in [2.24, 2.45) is 0 Å². The number of aromatic amines is 1. The molecule has 0 bridgehead atoms. The molecule has 0 amide bonds. The van der Waals surface area contributed by atoms with E-state index in [9.17, 15) is 26.3 Å². The third kappa shape index (κ3) is 4.08. The van der Waals surface area contributed by atoms with Crippen LogP contribution in [0, 0.1) is 0 Å². The number of imidazole rings is 1. The van der Waals surface area contributed by atoms with E-state index in [0.717, 1.165) is 31.0 Å². The van der Waals surface area contributed by atoms with Gasteiger partial charge in [-0.1, -0.05) is 24.3 Å². The highest BCUT2D eigenvalue weighted by molar-refractivity contribution is 5.92. The minimum Gasteiger partial charge on any atom is -0.370 e. The molecule has 176 valence electrons. The number of nitrogens with zero attached hydrogens (tertiary/aromatic N) is 3. The molecule has 0 saturated carbocycles. The van der Waals surface area contributed by atoms with E-state index in [1.165, 1.54) is 24.4 Å². The molecular weight excluding hydrogens is 458 g/mol. The van der Waals surface area contributed by atoms with Gasteiger partial charge in [0.1, 0.15) is 11.3 Å². The van der Waals surface area contributed by atoms with E-state index >= 15 is 0 Å². The van der Waals surface area contributed by atoms with Crippen LogP contribution < -0.4 is 4.90 Å². The van der Waals surface area contributed by atoms with Gasteiger partial charge in [-0.05, 0) is 37.1 Å². The van der Waals surface area contributed by atoms with Gasteiger partial charge in [0.2, 0.25) is 0 Å². The number of pyridine rings is 1. The van der Waals surface area contributed by atoms with Gasteiger partial charge in [-0.2, -0.15) is 26.3 Å². The molecule has 0 aliphatic carbocycles. The molecule has 2 aromatic heterocycles. The van der Waals surface area contributed by atoms with Crippen LogP contribution in [0.3, 0.4) is 0 Å². The molecule has 4 nitrogen and oxygen atoms in total. The van der Waals surface area contributed by atoms with Crippen LogP contribution in [0.4, 0.5) is 32.0 Å². The lowest BCUT2D eigenvalue weighted by Gasteiger charge is -2.19. The zero-order chi connectivity index (χ0) is 24.1. The monoisotopic (exact) mass is 476 g/mol. The van der Waals surface area contributed by atoms with Gasteiger partial charge in [0, 0.05) is 30.4 Å². The molecule has 1 saturated heterocycles. The predicted octanol–water partition coefficient (Wildman–Crippen LogP) is 6.93. The maximum Gasteiger partial charge on any atom is 0.418 e. The van der Waals surface area contributed by atoms with Crippen LogP contribution in [-0.2, 0) is 12.4 Å². The van der Waals surface area contributed by atoms with Crippen molar-refractivity contribution in [3.63, 3.8) is 0 Å². The number of rotatable bonds is 3.